The van der Waals surface area contributed by atoms with Crippen molar-refractivity contribution in [1.29, 1.82) is 0 Å². The van der Waals surface area contributed by atoms with Crippen molar-refractivity contribution < 1.29 is 4.84 Å². The quantitative estimate of drug-likeness (QED) is 0.561. The minimum absolute atomic E-state index is 0.711. The second-order valence-corrected chi connectivity index (χ2v) is 4.48. The first kappa shape index (κ1) is 12.5. The Balaban J connectivity index is 2.13. The van der Waals surface area contributed by atoms with Crippen LogP contribution in [0.2, 0.25) is 0 Å². The van der Waals surface area contributed by atoms with E-state index in [1.165, 1.54) is 25.7 Å². The van der Waals surface area contributed by atoms with Gasteiger partial charge in [-0.3, -0.25) is 0 Å². The van der Waals surface area contributed by atoms with Gasteiger partial charge in [0, 0.05) is 6.04 Å². The maximum atomic E-state index is 5.36. The van der Waals surface area contributed by atoms with Gasteiger partial charge >= 0.3 is 0 Å². The zero-order chi connectivity index (χ0) is 11.1. The lowest BCUT2D eigenvalue weighted by Gasteiger charge is -2.27. The first-order chi connectivity index (χ1) is 7.26. The van der Waals surface area contributed by atoms with Crippen LogP contribution in [0.1, 0.15) is 46.0 Å². The third kappa shape index (κ3) is 4.65. The summed E-state index contributed by atoms with van der Waals surface area (Å²) in [7, 11) is 2.05. The summed E-state index contributed by atoms with van der Waals surface area (Å²) in [6.07, 6.45) is 6.08. The van der Waals surface area contributed by atoms with Crippen LogP contribution in [0.15, 0.2) is 5.16 Å². The van der Waals surface area contributed by atoms with Gasteiger partial charge in [-0.05, 0) is 52.0 Å². The highest BCUT2D eigenvalue weighted by Crippen LogP contribution is 2.24. The second-order valence-electron chi connectivity index (χ2n) is 4.48. The molecular formula is C12H24N2O. The zero-order valence-electron chi connectivity index (χ0n) is 10.3. The summed E-state index contributed by atoms with van der Waals surface area (Å²) in [5, 5.41) is 7.42. The van der Waals surface area contributed by atoms with E-state index in [0.29, 0.717) is 5.92 Å². The predicted molar refractivity (Wildman–Crippen MR) is 64.2 cm³/mol. The lowest BCUT2D eigenvalue weighted by molar-refractivity contribution is 0.0868. The molecule has 0 atom stereocenters. The van der Waals surface area contributed by atoms with Crippen LogP contribution in [-0.4, -0.2) is 25.4 Å². The molecule has 1 aliphatic carbocycles. The van der Waals surface area contributed by atoms with Crippen molar-refractivity contribution >= 4 is 5.71 Å². The van der Waals surface area contributed by atoms with Crippen LogP contribution < -0.4 is 5.32 Å². The van der Waals surface area contributed by atoms with Crippen LogP contribution in [0.5, 0.6) is 0 Å². The molecule has 88 valence electrons. The Bertz CT molecular complexity index is 196. The Labute approximate surface area is 93.3 Å². The molecule has 1 rings (SSSR count). The molecule has 0 unspecified atom stereocenters. The monoisotopic (exact) mass is 212 g/mol. The molecule has 0 saturated heterocycles. The van der Waals surface area contributed by atoms with Gasteiger partial charge in [-0.1, -0.05) is 12.1 Å². The van der Waals surface area contributed by atoms with Crippen LogP contribution in [0.3, 0.4) is 0 Å². The van der Waals surface area contributed by atoms with Crippen molar-refractivity contribution in [3.05, 3.63) is 0 Å². The molecule has 0 aromatic carbocycles. The SMILES string of the molecule is CC/C(C)=N/OCC1CCC(NC)CC1. The summed E-state index contributed by atoms with van der Waals surface area (Å²) in [5.74, 6) is 0.711. The van der Waals surface area contributed by atoms with E-state index >= 15 is 0 Å². The molecule has 0 aromatic heterocycles. The molecule has 1 N–H and O–H groups in total. The number of nitrogens with one attached hydrogen (secondary N) is 1. The Morgan fingerprint density at radius 1 is 1.33 bits per heavy atom. The van der Waals surface area contributed by atoms with E-state index < -0.39 is 0 Å². The Hall–Kier alpha value is -0.570. The van der Waals surface area contributed by atoms with Crippen molar-refractivity contribution in [2.45, 2.75) is 52.0 Å². The molecular weight excluding hydrogens is 188 g/mol. The van der Waals surface area contributed by atoms with Crippen LogP contribution in [-0.2, 0) is 4.84 Å². The summed E-state index contributed by atoms with van der Waals surface area (Å²) in [6.45, 7) is 4.91. The van der Waals surface area contributed by atoms with E-state index in [1.807, 2.05) is 6.92 Å². The van der Waals surface area contributed by atoms with Crippen molar-refractivity contribution in [2.24, 2.45) is 11.1 Å². The van der Waals surface area contributed by atoms with Gasteiger partial charge in [-0.2, -0.15) is 0 Å². The fourth-order valence-electron chi connectivity index (χ4n) is 1.94. The molecule has 1 fully saturated rings. The third-order valence-electron chi connectivity index (χ3n) is 3.30. The van der Waals surface area contributed by atoms with Gasteiger partial charge < -0.3 is 10.2 Å². The van der Waals surface area contributed by atoms with Crippen molar-refractivity contribution in [3.63, 3.8) is 0 Å². The minimum Gasteiger partial charge on any atom is -0.396 e. The normalized spacial score (nSPS) is 27.8. The standard InChI is InChI=1S/C12H24N2O/c1-4-10(2)14-15-9-11-5-7-12(13-3)8-6-11/h11-13H,4-9H2,1-3H3/b14-10+. The van der Waals surface area contributed by atoms with Gasteiger partial charge in [0.2, 0.25) is 0 Å². The van der Waals surface area contributed by atoms with E-state index in [1.54, 1.807) is 0 Å². The molecule has 0 spiro atoms. The first-order valence-electron chi connectivity index (χ1n) is 6.09. The molecule has 0 heterocycles. The van der Waals surface area contributed by atoms with Gasteiger partial charge in [-0.25, -0.2) is 0 Å². The summed E-state index contributed by atoms with van der Waals surface area (Å²) < 4.78 is 0. The lowest BCUT2D eigenvalue weighted by atomic mass is 9.87. The van der Waals surface area contributed by atoms with Crippen molar-refractivity contribution in [2.75, 3.05) is 13.7 Å². The maximum absolute atomic E-state index is 5.36. The number of hydrogen-bond donors (Lipinski definition) is 1. The summed E-state index contributed by atoms with van der Waals surface area (Å²) in [4.78, 5) is 5.36. The molecule has 3 heteroatoms. The number of nitrogens with zero attached hydrogens (tertiary/aromatic N) is 1. The molecule has 3 nitrogen and oxygen atoms in total. The van der Waals surface area contributed by atoms with Gasteiger partial charge in [0.1, 0.15) is 6.61 Å². The molecule has 15 heavy (non-hydrogen) atoms. The molecule has 0 bridgehead atoms. The molecule has 0 aromatic rings. The highest BCUT2D eigenvalue weighted by molar-refractivity contribution is 5.80. The number of oxime groups is 1. The minimum atomic E-state index is 0.711. The first-order valence-corrected chi connectivity index (χ1v) is 6.09. The third-order valence-corrected chi connectivity index (χ3v) is 3.30. The fourth-order valence-corrected chi connectivity index (χ4v) is 1.94. The lowest BCUT2D eigenvalue weighted by Crippen LogP contribution is -2.31. The van der Waals surface area contributed by atoms with E-state index in [9.17, 15) is 0 Å². The van der Waals surface area contributed by atoms with Crippen LogP contribution in [0, 0.1) is 5.92 Å². The molecule has 0 radical (unpaired) electrons. The molecule has 1 saturated carbocycles. The van der Waals surface area contributed by atoms with Crippen LogP contribution >= 0.6 is 0 Å². The number of rotatable bonds is 5. The van der Waals surface area contributed by atoms with E-state index in [-0.39, 0.29) is 0 Å². The van der Waals surface area contributed by atoms with E-state index in [0.717, 1.165) is 24.8 Å². The topological polar surface area (TPSA) is 33.6 Å². The molecule has 0 aliphatic heterocycles. The Morgan fingerprint density at radius 3 is 2.53 bits per heavy atom. The number of hydrogen-bond acceptors (Lipinski definition) is 3. The highest BCUT2D eigenvalue weighted by Gasteiger charge is 2.20. The largest absolute Gasteiger partial charge is 0.396 e. The zero-order valence-corrected chi connectivity index (χ0v) is 10.3. The van der Waals surface area contributed by atoms with Crippen LogP contribution in [0.25, 0.3) is 0 Å². The second kappa shape index (κ2) is 6.83. The van der Waals surface area contributed by atoms with Crippen molar-refractivity contribution in [1.82, 2.24) is 5.32 Å². The molecule has 1 aliphatic rings. The van der Waals surface area contributed by atoms with Gasteiger partial charge in [0.25, 0.3) is 0 Å². The summed E-state index contributed by atoms with van der Waals surface area (Å²) >= 11 is 0. The average molecular weight is 212 g/mol. The highest BCUT2D eigenvalue weighted by atomic mass is 16.6. The smallest absolute Gasteiger partial charge is 0.120 e. The Kier molecular flexibility index (Phi) is 5.69. The van der Waals surface area contributed by atoms with Gasteiger partial charge in [-0.15, -0.1) is 0 Å². The summed E-state index contributed by atoms with van der Waals surface area (Å²) in [6, 6.07) is 0.724. The van der Waals surface area contributed by atoms with Crippen LogP contribution in [0.4, 0.5) is 0 Å². The average Bonchev–Trinajstić information content (AvgIpc) is 2.29. The van der Waals surface area contributed by atoms with Gasteiger partial charge in [0.05, 0.1) is 5.71 Å². The van der Waals surface area contributed by atoms with Gasteiger partial charge in [0.15, 0.2) is 0 Å². The van der Waals surface area contributed by atoms with E-state index in [2.05, 4.69) is 24.4 Å². The predicted octanol–water partition coefficient (Wildman–Crippen LogP) is 2.57. The van der Waals surface area contributed by atoms with Crippen molar-refractivity contribution in [3.8, 4) is 0 Å². The Morgan fingerprint density at radius 2 is 2.00 bits per heavy atom. The fraction of sp³-hybridized carbons (Fsp3) is 0.917. The maximum Gasteiger partial charge on any atom is 0.120 e. The molecule has 0 amide bonds. The van der Waals surface area contributed by atoms with E-state index in [4.69, 9.17) is 4.84 Å². The summed E-state index contributed by atoms with van der Waals surface area (Å²) in [5.41, 5.74) is 1.08.